The van der Waals surface area contributed by atoms with Crippen molar-refractivity contribution in [3.8, 4) is 0 Å². The molecule has 0 radical (unpaired) electrons. The molecular weight excluding hydrogens is 184 g/mol. The molecule has 0 bridgehead atoms. The Hall–Kier alpha value is -0.440. The van der Waals surface area contributed by atoms with Crippen LogP contribution in [-0.4, -0.2) is 24.1 Å². The van der Waals surface area contributed by atoms with Crippen LogP contribution in [0.15, 0.2) is 11.6 Å². The van der Waals surface area contributed by atoms with Crippen molar-refractivity contribution in [2.75, 3.05) is 18.1 Å². The Morgan fingerprint density at radius 3 is 3.00 bits per heavy atom. The van der Waals surface area contributed by atoms with Crippen LogP contribution in [0.2, 0.25) is 0 Å². The molecule has 1 aliphatic rings. The van der Waals surface area contributed by atoms with Crippen LogP contribution in [0.5, 0.6) is 0 Å². The molecule has 1 fully saturated rings. The molecule has 0 N–H and O–H groups in total. The third-order valence-electron chi connectivity index (χ3n) is 2.05. The van der Waals surface area contributed by atoms with E-state index in [-0.39, 0.29) is 5.97 Å². The number of carbonyl (C=O) groups is 1. The van der Waals surface area contributed by atoms with E-state index >= 15 is 0 Å². The fourth-order valence-corrected chi connectivity index (χ4v) is 2.55. The monoisotopic (exact) mass is 200 g/mol. The summed E-state index contributed by atoms with van der Waals surface area (Å²) in [5.74, 6) is 2.78. The minimum Gasteiger partial charge on any atom is -0.463 e. The molecule has 13 heavy (non-hydrogen) atoms. The van der Waals surface area contributed by atoms with Crippen molar-refractivity contribution in [3.05, 3.63) is 11.6 Å². The summed E-state index contributed by atoms with van der Waals surface area (Å²) in [7, 11) is 0. The van der Waals surface area contributed by atoms with E-state index in [0.717, 1.165) is 11.3 Å². The number of hydrogen-bond donors (Lipinski definition) is 0. The minimum absolute atomic E-state index is 0.167. The van der Waals surface area contributed by atoms with E-state index < -0.39 is 0 Å². The van der Waals surface area contributed by atoms with E-state index in [1.807, 2.05) is 25.6 Å². The zero-order chi connectivity index (χ0) is 9.68. The van der Waals surface area contributed by atoms with Gasteiger partial charge in [-0.1, -0.05) is 6.08 Å². The van der Waals surface area contributed by atoms with Crippen molar-refractivity contribution >= 4 is 17.7 Å². The highest BCUT2D eigenvalue weighted by Crippen LogP contribution is 2.25. The lowest BCUT2D eigenvalue weighted by Gasteiger charge is -2.04. The van der Waals surface area contributed by atoms with Crippen LogP contribution in [0.25, 0.3) is 0 Å². The summed E-state index contributed by atoms with van der Waals surface area (Å²) >= 11 is 1.95. The van der Waals surface area contributed by atoms with Crippen molar-refractivity contribution in [1.29, 1.82) is 0 Å². The second kappa shape index (κ2) is 5.32. The molecule has 0 aromatic carbocycles. The highest BCUT2D eigenvalue weighted by Gasteiger charge is 2.15. The second-order valence-electron chi connectivity index (χ2n) is 3.19. The summed E-state index contributed by atoms with van der Waals surface area (Å²) in [5, 5.41) is 0. The van der Waals surface area contributed by atoms with E-state index in [0.29, 0.717) is 12.5 Å². The third kappa shape index (κ3) is 3.43. The molecule has 0 amide bonds. The lowest BCUT2D eigenvalue weighted by Crippen LogP contribution is -2.07. The van der Waals surface area contributed by atoms with Crippen molar-refractivity contribution < 1.29 is 9.53 Å². The van der Waals surface area contributed by atoms with Gasteiger partial charge in [-0.05, 0) is 37.7 Å². The van der Waals surface area contributed by atoms with Crippen molar-refractivity contribution in [1.82, 2.24) is 0 Å². The average Bonchev–Trinajstić information content (AvgIpc) is 2.57. The molecule has 0 spiro atoms. The molecule has 0 saturated carbocycles. The molecule has 1 aliphatic heterocycles. The Morgan fingerprint density at radius 1 is 1.69 bits per heavy atom. The molecule has 1 saturated heterocycles. The van der Waals surface area contributed by atoms with E-state index in [2.05, 4.69) is 6.08 Å². The molecular formula is C10H16O2S. The van der Waals surface area contributed by atoms with E-state index in [4.69, 9.17) is 4.74 Å². The number of hydrogen-bond acceptors (Lipinski definition) is 3. The van der Waals surface area contributed by atoms with Gasteiger partial charge in [-0.2, -0.15) is 11.8 Å². The van der Waals surface area contributed by atoms with E-state index in [9.17, 15) is 4.79 Å². The number of rotatable bonds is 3. The SMILES string of the molecule is CCOC(=O)/C(C)=C/C1CCSC1. The van der Waals surface area contributed by atoms with Crippen molar-refractivity contribution in [3.63, 3.8) is 0 Å². The van der Waals surface area contributed by atoms with Crippen molar-refractivity contribution in [2.45, 2.75) is 20.3 Å². The Morgan fingerprint density at radius 2 is 2.46 bits per heavy atom. The molecule has 1 atom stereocenters. The molecule has 3 heteroatoms. The summed E-state index contributed by atoms with van der Waals surface area (Å²) < 4.78 is 4.90. The van der Waals surface area contributed by atoms with Crippen LogP contribution in [-0.2, 0) is 9.53 Å². The Labute approximate surface area is 83.7 Å². The van der Waals surface area contributed by atoms with Gasteiger partial charge in [-0.15, -0.1) is 0 Å². The summed E-state index contributed by atoms with van der Waals surface area (Å²) in [6.07, 6.45) is 3.25. The van der Waals surface area contributed by atoms with Gasteiger partial charge in [0.2, 0.25) is 0 Å². The van der Waals surface area contributed by atoms with Gasteiger partial charge in [0.15, 0.2) is 0 Å². The van der Waals surface area contributed by atoms with Crippen molar-refractivity contribution in [2.24, 2.45) is 5.92 Å². The molecule has 0 aliphatic carbocycles. The van der Waals surface area contributed by atoms with E-state index in [1.54, 1.807) is 0 Å². The number of thioether (sulfide) groups is 1. The van der Waals surface area contributed by atoms with Gasteiger partial charge in [0.25, 0.3) is 0 Å². The normalized spacial score (nSPS) is 23.2. The van der Waals surface area contributed by atoms with Gasteiger partial charge in [0, 0.05) is 5.57 Å². The molecule has 0 aromatic rings. The lowest BCUT2D eigenvalue weighted by atomic mass is 10.1. The van der Waals surface area contributed by atoms with Crippen LogP contribution in [0.1, 0.15) is 20.3 Å². The first-order valence-corrected chi connectivity index (χ1v) is 5.82. The van der Waals surface area contributed by atoms with Gasteiger partial charge < -0.3 is 4.74 Å². The van der Waals surface area contributed by atoms with Gasteiger partial charge in [0.1, 0.15) is 0 Å². The minimum atomic E-state index is -0.167. The fraction of sp³-hybridized carbons (Fsp3) is 0.700. The first-order chi connectivity index (χ1) is 6.24. The fourth-order valence-electron chi connectivity index (χ4n) is 1.35. The highest BCUT2D eigenvalue weighted by molar-refractivity contribution is 7.99. The zero-order valence-electron chi connectivity index (χ0n) is 8.21. The van der Waals surface area contributed by atoms with Crippen LogP contribution in [0.4, 0.5) is 0 Å². The molecule has 0 aromatic heterocycles. The molecule has 1 rings (SSSR count). The van der Waals surface area contributed by atoms with Gasteiger partial charge in [0.05, 0.1) is 6.61 Å². The maximum absolute atomic E-state index is 11.2. The van der Waals surface area contributed by atoms with Gasteiger partial charge in [-0.3, -0.25) is 0 Å². The Balaban J connectivity index is 2.44. The number of ether oxygens (including phenoxy) is 1. The van der Waals surface area contributed by atoms with Crippen LogP contribution < -0.4 is 0 Å². The summed E-state index contributed by atoms with van der Waals surface area (Å²) in [5.41, 5.74) is 0.759. The highest BCUT2D eigenvalue weighted by atomic mass is 32.2. The first kappa shape index (κ1) is 10.6. The maximum Gasteiger partial charge on any atom is 0.333 e. The largest absolute Gasteiger partial charge is 0.463 e. The second-order valence-corrected chi connectivity index (χ2v) is 4.34. The predicted octanol–water partition coefficient (Wildman–Crippen LogP) is 2.25. The lowest BCUT2D eigenvalue weighted by molar-refractivity contribution is -0.138. The Kier molecular flexibility index (Phi) is 4.36. The molecule has 2 nitrogen and oxygen atoms in total. The van der Waals surface area contributed by atoms with Crippen LogP contribution in [0.3, 0.4) is 0 Å². The summed E-state index contributed by atoms with van der Waals surface area (Å²) in [6, 6.07) is 0. The van der Waals surface area contributed by atoms with Gasteiger partial charge >= 0.3 is 5.97 Å². The Bertz CT molecular complexity index is 205. The zero-order valence-corrected chi connectivity index (χ0v) is 9.02. The van der Waals surface area contributed by atoms with Crippen LogP contribution in [0, 0.1) is 5.92 Å². The molecule has 1 unspecified atom stereocenters. The molecule has 74 valence electrons. The average molecular weight is 200 g/mol. The number of carbonyl (C=O) groups excluding carboxylic acids is 1. The quantitative estimate of drug-likeness (QED) is 0.516. The smallest absolute Gasteiger partial charge is 0.333 e. The third-order valence-corrected chi connectivity index (χ3v) is 3.24. The maximum atomic E-state index is 11.2. The van der Waals surface area contributed by atoms with E-state index in [1.165, 1.54) is 12.2 Å². The standard InChI is InChI=1S/C10H16O2S/c1-3-12-10(11)8(2)6-9-4-5-13-7-9/h6,9H,3-5,7H2,1-2H3/b8-6+. The number of esters is 1. The molecule has 1 heterocycles. The predicted molar refractivity (Wildman–Crippen MR) is 55.8 cm³/mol. The topological polar surface area (TPSA) is 26.3 Å². The summed E-state index contributed by atoms with van der Waals surface area (Å²) in [6.45, 7) is 4.13. The number of allylic oxidation sites excluding steroid dienone is 1. The van der Waals surface area contributed by atoms with Gasteiger partial charge in [-0.25, -0.2) is 4.79 Å². The van der Waals surface area contributed by atoms with Crippen LogP contribution >= 0.6 is 11.8 Å². The summed E-state index contributed by atoms with van der Waals surface area (Å²) in [4.78, 5) is 11.2. The first-order valence-electron chi connectivity index (χ1n) is 4.67.